The Bertz CT molecular complexity index is 1470. The van der Waals surface area contributed by atoms with Crippen molar-refractivity contribution < 1.29 is 33.3 Å². The van der Waals surface area contributed by atoms with Gasteiger partial charge < -0.3 is 24.1 Å². The van der Waals surface area contributed by atoms with Crippen molar-refractivity contribution in [2.24, 2.45) is 5.92 Å². The third-order valence-corrected chi connectivity index (χ3v) is 8.30. The third kappa shape index (κ3) is 11.4. The van der Waals surface area contributed by atoms with E-state index < -0.39 is 41.4 Å². The Morgan fingerprint density at radius 1 is 0.816 bits per heavy atom. The molecule has 0 saturated carbocycles. The maximum absolute atomic E-state index is 13.2. The van der Waals surface area contributed by atoms with Gasteiger partial charge in [-0.15, -0.1) is 0 Å². The average molecular weight is 677 g/mol. The van der Waals surface area contributed by atoms with Crippen LogP contribution in [-0.4, -0.2) is 41.9 Å². The van der Waals surface area contributed by atoms with Crippen LogP contribution in [0.25, 0.3) is 0 Å². The summed E-state index contributed by atoms with van der Waals surface area (Å²) in [5.41, 5.74) is 2.36. The minimum absolute atomic E-state index is 0.0141. The second-order valence-electron chi connectivity index (χ2n) is 12.8. The van der Waals surface area contributed by atoms with Crippen molar-refractivity contribution in [2.45, 2.75) is 106 Å². The number of ether oxygens (including phenoxy) is 2. The molecule has 1 N–H and O–H groups in total. The molecule has 266 valence electrons. The zero-order chi connectivity index (χ0) is 36.9. The van der Waals surface area contributed by atoms with Crippen LogP contribution >= 0.6 is 0 Å². The lowest BCUT2D eigenvalue weighted by Gasteiger charge is -2.32. The molecule has 10 nitrogen and oxygen atoms in total. The summed E-state index contributed by atoms with van der Waals surface area (Å²) >= 11 is 0. The van der Waals surface area contributed by atoms with Gasteiger partial charge in [-0.05, 0) is 81.2 Å². The van der Waals surface area contributed by atoms with E-state index in [1.54, 1.807) is 12.1 Å². The van der Waals surface area contributed by atoms with E-state index in [0.717, 1.165) is 17.4 Å². The number of carbonyl (C=O) groups excluding carboxylic acids is 2. The second-order valence-corrected chi connectivity index (χ2v) is 12.8. The van der Waals surface area contributed by atoms with Crippen LogP contribution in [0.15, 0.2) is 72.8 Å². The van der Waals surface area contributed by atoms with Gasteiger partial charge in [0.1, 0.15) is 11.9 Å². The summed E-state index contributed by atoms with van der Waals surface area (Å²) in [5.74, 6) is -0.0417. The monoisotopic (exact) mass is 676 g/mol. The largest absolute Gasteiger partial charge is 0.514 e. The molecule has 2 atom stereocenters. The Morgan fingerprint density at radius 2 is 1.33 bits per heavy atom. The summed E-state index contributed by atoms with van der Waals surface area (Å²) in [7, 11) is -0.567. The van der Waals surface area contributed by atoms with E-state index >= 15 is 0 Å². The Balaban J connectivity index is 0.00000201. The normalized spacial score (nSPS) is 15.5. The van der Waals surface area contributed by atoms with Gasteiger partial charge in [-0.2, -0.15) is 0 Å². The number of hydrogen-bond acceptors (Lipinski definition) is 8. The molecule has 1 aliphatic rings. The first-order chi connectivity index (χ1) is 23.1. The zero-order valence-corrected chi connectivity index (χ0v) is 30.9. The lowest BCUT2D eigenvalue weighted by Crippen LogP contribution is -2.41. The van der Waals surface area contributed by atoms with Gasteiger partial charge in [-0.25, -0.2) is 4.79 Å². The Morgan fingerprint density at radius 3 is 1.82 bits per heavy atom. The lowest BCUT2D eigenvalue weighted by molar-refractivity contribution is -0.384. The Labute approximate surface area is 292 Å². The number of nitrogens with one attached hydrogen (secondary N) is 1. The van der Waals surface area contributed by atoms with Gasteiger partial charge in [-0.3, -0.25) is 14.9 Å². The molecule has 3 aromatic carbocycles. The number of non-ortho nitro benzene ring substituents is 1. The predicted molar refractivity (Wildman–Crippen MR) is 194 cm³/mol. The van der Waals surface area contributed by atoms with Crippen LogP contribution in [0.5, 0.6) is 5.75 Å². The summed E-state index contributed by atoms with van der Waals surface area (Å²) in [5, 5.41) is 13.9. The number of nitro groups is 1. The van der Waals surface area contributed by atoms with Crippen LogP contribution in [0.1, 0.15) is 105 Å². The Kier molecular flexibility index (Phi) is 15.5. The minimum Gasteiger partial charge on any atom is -0.424 e. The first kappa shape index (κ1) is 41.0. The van der Waals surface area contributed by atoms with Crippen molar-refractivity contribution in [3.8, 4) is 5.75 Å². The van der Waals surface area contributed by atoms with Crippen LogP contribution in [0.3, 0.4) is 0 Å². The summed E-state index contributed by atoms with van der Waals surface area (Å²) < 4.78 is 23.2. The van der Waals surface area contributed by atoms with Crippen LogP contribution < -0.4 is 15.5 Å². The molecule has 1 aliphatic heterocycles. The molecule has 11 heteroatoms. The van der Waals surface area contributed by atoms with Crippen molar-refractivity contribution in [1.29, 1.82) is 0 Å². The Hall–Kier alpha value is -4.22. The summed E-state index contributed by atoms with van der Waals surface area (Å²) in [6.07, 6.45) is -0.956. The number of benzene rings is 3. The summed E-state index contributed by atoms with van der Waals surface area (Å²) in [4.78, 5) is 36.4. The molecule has 4 rings (SSSR count). The fourth-order valence-corrected chi connectivity index (χ4v) is 4.86. The van der Waals surface area contributed by atoms with Crippen molar-refractivity contribution >= 4 is 30.3 Å². The molecule has 1 saturated heterocycles. The highest BCUT2D eigenvalue weighted by Gasteiger charge is 2.51. The number of nitrogens with zero attached hydrogens (tertiary/aromatic N) is 1. The van der Waals surface area contributed by atoms with Gasteiger partial charge in [0.2, 0.25) is 5.91 Å². The molecule has 2 unspecified atom stereocenters. The van der Waals surface area contributed by atoms with Crippen molar-refractivity contribution in [2.75, 3.05) is 6.54 Å². The molecule has 0 aromatic heterocycles. The van der Waals surface area contributed by atoms with E-state index in [1.807, 2.05) is 98.7 Å². The maximum atomic E-state index is 13.2. The van der Waals surface area contributed by atoms with Crippen LogP contribution in [0.2, 0.25) is 0 Å². The highest BCUT2D eigenvalue weighted by molar-refractivity contribution is 6.62. The van der Waals surface area contributed by atoms with Crippen molar-refractivity contribution in [3.05, 3.63) is 99.6 Å². The molecular formula is C38H53BN2O8. The number of nitro benzene ring substituents is 1. The summed E-state index contributed by atoms with van der Waals surface area (Å²) in [6.45, 7) is 22.0. The molecule has 0 spiro atoms. The molecule has 0 aliphatic carbocycles. The van der Waals surface area contributed by atoms with Gasteiger partial charge in [0.05, 0.1) is 28.6 Å². The van der Waals surface area contributed by atoms with E-state index in [1.165, 1.54) is 29.8 Å². The number of hydrogen-bond donors (Lipinski definition) is 1. The SMILES string of the molecule is CC.CC.CC(C)Cc1ccc(C(C)C(=O)NCC(OC(=O)Oc2ccc([N+](=O)[O-])cc2)c2ccc(B3OC(C)(C)C(C)(C)O3)cc2)cc1. The highest BCUT2D eigenvalue weighted by atomic mass is 16.7. The number of carbonyl (C=O) groups is 2. The maximum Gasteiger partial charge on any atom is 0.514 e. The first-order valence-electron chi connectivity index (χ1n) is 17.1. The van der Waals surface area contributed by atoms with Gasteiger partial charge >= 0.3 is 13.3 Å². The quantitative estimate of drug-likeness (QED) is 0.0707. The van der Waals surface area contributed by atoms with Gasteiger partial charge in [-0.1, -0.05) is 90.1 Å². The standard InChI is InChI=1S/C34H41BN2O8.2C2H6/c1-22(2)20-24-8-10-25(11-9-24)23(3)31(38)36-21-30(43-32(39)42-29-18-16-28(17-19-29)37(40)41)26-12-14-27(15-13-26)35-44-33(4,5)34(6,7)45-35;2*1-2/h8-19,22-23,30H,20-21H2,1-7H3,(H,36,38);2*1-2H3. The van der Waals surface area contributed by atoms with E-state index in [-0.39, 0.29) is 23.9 Å². The topological polar surface area (TPSA) is 126 Å². The minimum atomic E-state index is -1.02. The molecule has 0 radical (unpaired) electrons. The number of amides is 1. The lowest BCUT2D eigenvalue weighted by atomic mass is 9.78. The summed E-state index contributed by atoms with van der Waals surface area (Å²) in [6, 6.07) is 20.3. The van der Waals surface area contributed by atoms with E-state index in [2.05, 4.69) is 19.2 Å². The molecule has 0 bridgehead atoms. The van der Waals surface area contributed by atoms with Gasteiger partial charge in [0, 0.05) is 12.1 Å². The fraction of sp³-hybridized carbons (Fsp3) is 0.474. The fourth-order valence-electron chi connectivity index (χ4n) is 4.86. The van der Waals surface area contributed by atoms with Crippen LogP contribution in [-0.2, 0) is 25.3 Å². The van der Waals surface area contributed by atoms with Crippen molar-refractivity contribution in [3.63, 3.8) is 0 Å². The second kappa shape index (κ2) is 18.5. The average Bonchev–Trinajstić information content (AvgIpc) is 3.30. The first-order valence-corrected chi connectivity index (χ1v) is 17.1. The van der Waals surface area contributed by atoms with Crippen LogP contribution in [0, 0.1) is 16.0 Å². The molecule has 1 amide bonds. The molecule has 1 heterocycles. The smallest absolute Gasteiger partial charge is 0.424 e. The molecule has 1 fully saturated rings. The zero-order valence-electron chi connectivity index (χ0n) is 30.9. The number of rotatable bonds is 11. The van der Waals surface area contributed by atoms with Gasteiger partial charge in [0.15, 0.2) is 0 Å². The molecule has 49 heavy (non-hydrogen) atoms. The molecular weight excluding hydrogens is 623 g/mol. The third-order valence-electron chi connectivity index (χ3n) is 8.30. The van der Waals surface area contributed by atoms with Crippen molar-refractivity contribution in [1.82, 2.24) is 5.32 Å². The molecule has 3 aromatic rings. The van der Waals surface area contributed by atoms with E-state index in [0.29, 0.717) is 11.5 Å². The van der Waals surface area contributed by atoms with Gasteiger partial charge in [0.25, 0.3) is 5.69 Å². The van der Waals surface area contributed by atoms with Crippen LogP contribution in [0.4, 0.5) is 10.5 Å². The highest BCUT2D eigenvalue weighted by Crippen LogP contribution is 2.36. The van der Waals surface area contributed by atoms with E-state index in [9.17, 15) is 19.7 Å². The predicted octanol–water partition coefficient (Wildman–Crippen LogP) is 8.32. The van der Waals surface area contributed by atoms with E-state index in [4.69, 9.17) is 18.8 Å².